The van der Waals surface area contributed by atoms with Crippen molar-refractivity contribution in [2.24, 2.45) is 11.5 Å². The largest absolute Gasteiger partial charge is 0.480 e. The van der Waals surface area contributed by atoms with Gasteiger partial charge in [0.05, 0.1) is 19.3 Å². The van der Waals surface area contributed by atoms with Gasteiger partial charge in [0.1, 0.15) is 36.4 Å². The standard InChI is InChI=1S/C8H15NO6.C4H9NO3.C3H7NO3/c1-3(11)9-5-7(13)6(12)4(2-10)15-8(5)14;1-2(6)3(5)4(7)8;4-2(1-5)3(6)7/h4-8,10,12-14H,2H2,1H3,(H,9,11);2-3,6H,5H2,1H3,(H,7,8);2,5H,1,4H2,(H,6,7)/t4-,5-,6+,7-,8?;2-,3+;2-/m110/s1. The second-order valence-electron chi connectivity index (χ2n) is 6.19. The maximum atomic E-state index is 10.7. The highest BCUT2D eigenvalue weighted by Crippen LogP contribution is 2.19. The summed E-state index contributed by atoms with van der Waals surface area (Å²) < 4.78 is 4.81. The van der Waals surface area contributed by atoms with E-state index in [0.29, 0.717) is 0 Å². The van der Waals surface area contributed by atoms with Crippen molar-refractivity contribution in [3.05, 3.63) is 0 Å². The van der Waals surface area contributed by atoms with Gasteiger partial charge in [-0.3, -0.25) is 14.4 Å². The van der Waals surface area contributed by atoms with E-state index in [2.05, 4.69) is 5.32 Å². The molecule has 178 valence electrons. The molecule has 1 aliphatic heterocycles. The zero-order valence-electron chi connectivity index (χ0n) is 16.4. The zero-order chi connectivity index (χ0) is 24.2. The third kappa shape index (κ3) is 11.3. The molecule has 30 heavy (non-hydrogen) atoms. The van der Waals surface area contributed by atoms with Crippen LogP contribution < -0.4 is 16.8 Å². The molecule has 0 aromatic heterocycles. The quantitative estimate of drug-likeness (QED) is 0.181. The van der Waals surface area contributed by atoms with Gasteiger partial charge in [0.2, 0.25) is 5.91 Å². The number of carboxylic acids is 2. The van der Waals surface area contributed by atoms with Crippen LogP contribution in [0, 0.1) is 0 Å². The molecule has 1 rings (SSSR count). The number of carbonyl (C=O) groups excluding carboxylic acids is 1. The number of aliphatic hydroxyl groups is 6. The number of aliphatic carboxylic acids is 2. The Kier molecular flexibility index (Phi) is 15.1. The molecule has 15 nitrogen and oxygen atoms in total. The van der Waals surface area contributed by atoms with Crippen molar-refractivity contribution in [2.75, 3.05) is 13.2 Å². The summed E-state index contributed by atoms with van der Waals surface area (Å²) in [5.74, 6) is -2.82. The Morgan fingerprint density at radius 2 is 1.53 bits per heavy atom. The summed E-state index contributed by atoms with van der Waals surface area (Å²) in [6.45, 7) is 1.51. The first-order chi connectivity index (χ1) is 13.7. The second kappa shape index (κ2) is 14.9. The molecule has 1 fully saturated rings. The van der Waals surface area contributed by atoms with Crippen molar-refractivity contribution in [1.29, 1.82) is 0 Å². The Morgan fingerprint density at radius 1 is 1.03 bits per heavy atom. The molecule has 0 aliphatic carbocycles. The molecular weight excluding hydrogens is 414 g/mol. The summed E-state index contributed by atoms with van der Waals surface area (Å²) in [5, 5.41) is 71.8. The minimum Gasteiger partial charge on any atom is -0.480 e. The fourth-order valence-electron chi connectivity index (χ4n) is 1.77. The van der Waals surface area contributed by atoms with Gasteiger partial charge in [-0.15, -0.1) is 0 Å². The number of nitrogens with two attached hydrogens (primary N) is 2. The normalized spacial score (nSPS) is 28.4. The lowest BCUT2D eigenvalue weighted by Gasteiger charge is -2.40. The van der Waals surface area contributed by atoms with E-state index in [0.717, 1.165) is 0 Å². The molecule has 0 bridgehead atoms. The smallest absolute Gasteiger partial charge is 0.323 e. The van der Waals surface area contributed by atoms with Crippen LogP contribution >= 0.6 is 0 Å². The van der Waals surface area contributed by atoms with Crippen molar-refractivity contribution in [1.82, 2.24) is 5.32 Å². The molecule has 13 N–H and O–H groups in total. The third-order valence-electron chi connectivity index (χ3n) is 3.59. The average Bonchev–Trinajstić information content (AvgIpc) is 2.67. The van der Waals surface area contributed by atoms with Crippen LogP contribution in [0.4, 0.5) is 0 Å². The van der Waals surface area contributed by atoms with Gasteiger partial charge < -0.3 is 62.4 Å². The Morgan fingerprint density at radius 3 is 1.77 bits per heavy atom. The molecule has 1 saturated heterocycles. The molecule has 1 heterocycles. The van der Waals surface area contributed by atoms with Crippen LogP contribution in [0.1, 0.15) is 13.8 Å². The summed E-state index contributed by atoms with van der Waals surface area (Å²) in [7, 11) is 0. The minimum atomic E-state index is -1.45. The monoisotopic (exact) mass is 445 g/mol. The van der Waals surface area contributed by atoms with Crippen LogP contribution in [0.2, 0.25) is 0 Å². The van der Waals surface area contributed by atoms with Crippen molar-refractivity contribution in [3.63, 3.8) is 0 Å². The van der Waals surface area contributed by atoms with Crippen LogP contribution in [0.5, 0.6) is 0 Å². The summed E-state index contributed by atoms with van der Waals surface area (Å²) >= 11 is 0. The van der Waals surface area contributed by atoms with E-state index in [1.807, 2.05) is 0 Å². The Bertz CT molecular complexity index is 535. The Hall–Kier alpha value is -1.95. The fraction of sp³-hybridized carbons (Fsp3) is 0.800. The summed E-state index contributed by atoms with van der Waals surface area (Å²) in [4.78, 5) is 30.2. The molecule has 0 aromatic rings. The molecule has 0 spiro atoms. The van der Waals surface area contributed by atoms with E-state index in [1.54, 1.807) is 0 Å². The van der Waals surface area contributed by atoms with Gasteiger partial charge >= 0.3 is 11.9 Å². The molecule has 1 amide bonds. The average molecular weight is 445 g/mol. The van der Waals surface area contributed by atoms with Crippen molar-refractivity contribution >= 4 is 17.8 Å². The molecule has 0 radical (unpaired) electrons. The van der Waals surface area contributed by atoms with Crippen molar-refractivity contribution < 1.29 is 60.0 Å². The lowest BCUT2D eigenvalue weighted by molar-refractivity contribution is -0.253. The minimum absolute atomic E-state index is 0.462. The summed E-state index contributed by atoms with van der Waals surface area (Å²) in [6, 6.07) is -3.38. The summed E-state index contributed by atoms with van der Waals surface area (Å²) in [6.07, 6.45) is -6.22. The van der Waals surface area contributed by atoms with Crippen LogP contribution in [0.15, 0.2) is 0 Å². The van der Waals surface area contributed by atoms with Crippen molar-refractivity contribution in [3.8, 4) is 0 Å². The van der Waals surface area contributed by atoms with Crippen LogP contribution in [0.3, 0.4) is 0 Å². The molecular formula is C15H31N3O12. The number of aliphatic hydroxyl groups excluding tert-OH is 6. The number of hydrogen-bond donors (Lipinski definition) is 11. The third-order valence-corrected chi connectivity index (χ3v) is 3.59. The maximum Gasteiger partial charge on any atom is 0.323 e. The van der Waals surface area contributed by atoms with Crippen LogP contribution in [0.25, 0.3) is 0 Å². The predicted octanol–water partition coefficient (Wildman–Crippen LogP) is -5.91. The van der Waals surface area contributed by atoms with Crippen LogP contribution in [-0.4, -0.2) is 121 Å². The summed E-state index contributed by atoms with van der Waals surface area (Å²) in [5.41, 5.74) is 9.68. The number of hydrogen-bond acceptors (Lipinski definition) is 12. The van der Waals surface area contributed by atoms with E-state index in [9.17, 15) is 29.7 Å². The first-order valence-electron chi connectivity index (χ1n) is 8.54. The van der Waals surface area contributed by atoms with Gasteiger partial charge in [-0.25, -0.2) is 0 Å². The number of carboxylic acid groups (broad SMARTS) is 2. The zero-order valence-corrected chi connectivity index (χ0v) is 16.4. The second-order valence-corrected chi connectivity index (χ2v) is 6.19. The van der Waals surface area contributed by atoms with E-state index in [4.69, 9.17) is 41.7 Å². The molecule has 1 aliphatic rings. The highest BCUT2D eigenvalue weighted by molar-refractivity contribution is 5.74. The van der Waals surface area contributed by atoms with E-state index in [-0.39, 0.29) is 0 Å². The topological polar surface area (TPSA) is 286 Å². The van der Waals surface area contributed by atoms with Gasteiger partial charge in [0, 0.05) is 6.92 Å². The first-order valence-corrected chi connectivity index (χ1v) is 8.54. The van der Waals surface area contributed by atoms with E-state index in [1.165, 1.54) is 13.8 Å². The molecule has 15 heteroatoms. The lowest BCUT2D eigenvalue weighted by atomic mass is 9.97. The number of amides is 1. The number of ether oxygens (including phenoxy) is 1. The molecule has 0 aromatic carbocycles. The molecule has 0 saturated carbocycles. The number of carbonyl (C=O) groups is 3. The number of rotatable bonds is 6. The fourth-order valence-corrected chi connectivity index (χ4v) is 1.77. The predicted molar refractivity (Wildman–Crippen MR) is 97.6 cm³/mol. The molecule has 8 atom stereocenters. The van der Waals surface area contributed by atoms with E-state index >= 15 is 0 Å². The van der Waals surface area contributed by atoms with E-state index < -0.39 is 79.9 Å². The lowest BCUT2D eigenvalue weighted by Crippen LogP contribution is -2.63. The maximum absolute atomic E-state index is 10.7. The van der Waals surface area contributed by atoms with Gasteiger partial charge in [-0.05, 0) is 6.92 Å². The van der Waals surface area contributed by atoms with Gasteiger partial charge in [0.15, 0.2) is 6.29 Å². The molecule has 1 unspecified atom stereocenters. The first kappa shape index (κ1) is 30.2. The van der Waals surface area contributed by atoms with Gasteiger partial charge in [-0.2, -0.15) is 0 Å². The Labute approximate surface area is 171 Å². The highest BCUT2D eigenvalue weighted by Gasteiger charge is 2.43. The van der Waals surface area contributed by atoms with Crippen molar-refractivity contribution in [2.45, 2.75) is 62.7 Å². The Balaban J connectivity index is 0. The highest BCUT2D eigenvalue weighted by atomic mass is 16.6. The number of nitrogens with one attached hydrogen (secondary N) is 1. The van der Waals surface area contributed by atoms with Gasteiger partial charge in [-0.1, -0.05) is 0 Å². The van der Waals surface area contributed by atoms with Crippen LogP contribution in [-0.2, 0) is 19.1 Å². The SMILES string of the molecule is CC(=O)N[C@H]1C(O)O[C@H](CO)[C@H](O)[C@@H]1O.C[C@@H](O)[C@H](N)C(=O)O.N[C@@H](CO)C(=O)O. The van der Waals surface area contributed by atoms with Gasteiger partial charge in [0.25, 0.3) is 0 Å².